The van der Waals surface area contributed by atoms with Gasteiger partial charge in [0.15, 0.2) is 0 Å². The predicted molar refractivity (Wildman–Crippen MR) is 90.0 cm³/mol. The van der Waals surface area contributed by atoms with Crippen molar-refractivity contribution in [2.75, 3.05) is 5.32 Å². The van der Waals surface area contributed by atoms with Crippen LogP contribution in [0.15, 0.2) is 65.7 Å². The van der Waals surface area contributed by atoms with Crippen LogP contribution in [0.1, 0.15) is 5.56 Å². The summed E-state index contributed by atoms with van der Waals surface area (Å²) in [5.74, 6) is 0. The molecule has 0 fully saturated rings. The van der Waals surface area contributed by atoms with Gasteiger partial charge < -0.3 is 9.88 Å². The van der Waals surface area contributed by atoms with Crippen molar-refractivity contribution in [3.63, 3.8) is 0 Å². The number of hydrogen-bond donors (Lipinski definition) is 1. The van der Waals surface area contributed by atoms with Crippen molar-refractivity contribution in [3.05, 3.63) is 76.2 Å². The Bertz CT molecular complexity index is 724. The van der Waals surface area contributed by atoms with Gasteiger partial charge in [0.1, 0.15) is 0 Å². The third-order valence-electron chi connectivity index (χ3n) is 3.17. The lowest BCUT2D eigenvalue weighted by Crippen LogP contribution is -2.00. The predicted octanol–water partition coefficient (Wildman–Crippen LogP) is 4.90. The molecule has 1 aromatic heterocycles. The van der Waals surface area contributed by atoms with E-state index in [4.69, 9.17) is 11.6 Å². The average Bonchev–Trinajstić information content (AvgIpc) is 3.04. The van der Waals surface area contributed by atoms with Crippen molar-refractivity contribution in [2.45, 2.75) is 6.54 Å². The molecule has 0 aliphatic heterocycles. The van der Waals surface area contributed by atoms with Crippen LogP contribution in [0.5, 0.6) is 0 Å². The minimum atomic E-state index is 0.704. The Kier molecular flexibility index (Phi) is 4.27. The zero-order chi connectivity index (χ0) is 14.7. The number of aromatic nitrogens is 2. The van der Waals surface area contributed by atoms with E-state index in [-0.39, 0.29) is 0 Å². The molecule has 0 saturated carbocycles. The molecule has 0 radical (unpaired) electrons. The first-order chi connectivity index (χ1) is 10.2. The summed E-state index contributed by atoms with van der Waals surface area (Å²) in [5.41, 5.74) is 3.28. The SMILES string of the molecule is Clc1cccc(NCc2ccc(-n3ccnc3)cc2)c1Br. The van der Waals surface area contributed by atoms with Gasteiger partial charge in [0.25, 0.3) is 0 Å². The number of imidazole rings is 1. The minimum Gasteiger partial charge on any atom is -0.380 e. The highest BCUT2D eigenvalue weighted by Crippen LogP contribution is 2.30. The van der Waals surface area contributed by atoms with Gasteiger partial charge in [-0.15, -0.1) is 0 Å². The number of benzene rings is 2. The number of anilines is 1. The lowest BCUT2D eigenvalue weighted by atomic mass is 10.2. The summed E-state index contributed by atoms with van der Waals surface area (Å²) in [4.78, 5) is 4.05. The molecule has 1 heterocycles. The van der Waals surface area contributed by atoms with Crippen molar-refractivity contribution in [1.29, 1.82) is 0 Å². The van der Waals surface area contributed by atoms with E-state index in [1.165, 1.54) is 5.56 Å². The molecule has 0 aliphatic rings. The van der Waals surface area contributed by atoms with E-state index in [1.54, 1.807) is 12.5 Å². The second-order valence-electron chi connectivity index (χ2n) is 4.59. The quantitative estimate of drug-likeness (QED) is 0.715. The summed E-state index contributed by atoms with van der Waals surface area (Å²) >= 11 is 9.56. The number of hydrogen-bond acceptors (Lipinski definition) is 2. The van der Waals surface area contributed by atoms with E-state index >= 15 is 0 Å². The fourth-order valence-corrected chi connectivity index (χ4v) is 2.61. The normalized spacial score (nSPS) is 10.6. The fourth-order valence-electron chi connectivity index (χ4n) is 2.04. The molecule has 0 aliphatic carbocycles. The molecule has 1 N–H and O–H groups in total. The van der Waals surface area contributed by atoms with Gasteiger partial charge in [-0.05, 0) is 45.8 Å². The maximum Gasteiger partial charge on any atom is 0.0991 e. The number of nitrogens with one attached hydrogen (secondary N) is 1. The van der Waals surface area contributed by atoms with Crippen LogP contribution in [0.3, 0.4) is 0 Å². The van der Waals surface area contributed by atoms with E-state index in [0.29, 0.717) is 5.02 Å². The smallest absolute Gasteiger partial charge is 0.0991 e. The van der Waals surface area contributed by atoms with Crippen LogP contribution in [-0.2, 0) is 6.54 Å². The first-order valence-corrected chi connectivity index (χ1v) is 7.66. The third kappa shape index (κ3) is 3.28. The number of nitrogens with zero attached hydrogens (tertiary/aromatic N) is 2. The van der Waals surface area contributed by atoms with E-state index in [9.17, 15) is 0 Å². The van der Waals surface area contributed by atoms with Gasteiger partial charge in [-0.3, -0.25) is 0 Å². The topological polar surface area (TPSA) is 29.9 Å². The molecule has 0 amide bonds. The Hall–Kier alpha value is -1.78. The minimum absolute atomic E-state index is 0.704. The third-order valence-corrected chi connectivity index (χ3v) is 4.57. The van der Waals surface area contributed by atoms with Crippen LogP contribution in [-0.4, -0.2) is 9.55 Å². The second-order valence-corrected chi connectivity index (χ2v) is 5.79. The summed E-state index contributed by atoms with van der Waals surface area (Å²) in [6, 6.07) is 14.1. The number of halogens is 2. The molecule has 0 unspecified atom stereocenters. The van der Waals surface area contributed by atoms with Crippen LogP contribution in [0.4, 0.5) is 5.69 Å². The molecule has 106 valence electrons. The molecule has 3 aromatic rings. The van der Waals surface area contributed by atoms with Crippen molar-refractivity contribution in [3.8, 4) is 5.69 Å². The van der Waals surface area contributed by atoms with E-state index < -0.39 is 0 Å². The van der Waals surface area contributed by atoms with Crippen molar-refractivity contribution in [1.82, 2.24) is 9.55 Å². The first kappa shape index (κ1) is 14.2. The maximum atomic E-state index is 6.08. The molecular weight excluding hydrogens is 350 g/mol. The molecule has 3 rings (SSSR count). The summed E-state index contributed by atoms with van der Waals surface area (Å²) in [6.07, 6.45) is 5.48. The van der Waals surface area contributed by atoms with E-state index in [1.807, 2.05) is 29.0 Å². The van der Waals surface area contributed by atoms with Crippen LogP contribution < -0.4 is 5.32 Å². The van der Waals surface area contributed by atoms with Crippen LogP contribution in [0, 0.1) is 0 Å². The standard InChI is InChI=1S/C16H13BrClN3/c17-16-14(18)2-1-3-15(16)20-10-12-4-6-13(7-5-12)21-9-8-19-11-21/h1-9,11,20H,10H2. The van der Waals surface area contributed by atoms with Crippen molar-refractivity contribution in [2.24, 2.45) is 0 Å². The van der Waals surface area contributed by atoms with E-state index in [2.05, 4.69) is 50.5 Å². The highest BCUT2D eigenvalue weighted by atomic mass is 79.9. The highest BCUT2D eigenvalue weighted by Gasteiger charge is 2.03. The Labute approximate surface area is 136 Å². The van der Waals surface area contributed by atoms with Gasteiger partial charge in [-0.2, -0.15) is 0 Å². The van der Waals surface area contributed by atoms with Crippen molar-refractivity contribution >= 4 is 33.2 Å². The summed E-state index contributed by atoms with van der Waals surface area (Å²) in [7, 11) is 0. The summed E-state index contributed by atoms with van der Waals surface area (Å²) < 4.78 is 2.87. The fraction of sp³-hybridized carbons (Fsp3) is 0.0625. The Morgan fingerprint density at radius 3 is 2.67 bits per heavy atom. The maximum absolute atomic E-state index is 6.08. The van der Waals surface area contributed by atoms with Gasteiger partial charge in [-0.1, -0.05) is 29.8 Å². The molecule has 0 bridgehead atoms. The van der Waals surface area contributed by atoms with Gasteiger partial charge in [0, 0.05) is 24.6 Å². The zero-order valence-corrected chi connectivity index (χ0v) is 13.5. The van der Waals surface area contributed by atoms with Gasteiger partial charge >= 0.3 is 0 Å². The molecular formula is C16H13BrClN3. The van der Waals surface area contributed by atoms with Crippen molar-refractivity contribution < 1.29 is 0 Å². The Morgan fingerprint density at radius 2 is 1.95 bits per heavy atom. The first-order valence-electron chi connectivity index (χ1n) is 6.49. The van der Waals surface area contributed by atoms with Gasteiger partial charge in [0.05, 0.1) is 21.5 Å². The summed E-state index contributed by atoms with van der Waals surface area (Å²) in [6.45, 7) is 0.739. The largest absolute Gasteiger partial charge is 0.380 e. The molecule has 0 atom stereocenters. The van der Waals surface area contributed by atoms with Crippen LogP contribution in [0.2, 0.25) is 5.02 Å². The molecule has 2 aromatic carbocycles. The zero-order valence-electron chi connectivity index (χ0n) is 11.1. The lowest BCUT2D eigenvalue weighted by molar-refractivity contribution is 1.05. The highest BCUT2D eigenvalue weighted by molar-refractivity contribution is 9.10. The monoisotopic (exact) mass is 361 g/mol. The van der Waals surface area contributed by atoms with E-state index in [0.717, 1.165) is 22.4 Å². The molecule has 0 spiro atoms. The average molecular weight is 363 g/mol. The Morgan fingerprint density at radius 1 is 1.14 bits per heavy atom. The molecule has 21 heavy (non-hydrogen) atoms. The van der Waals surface area contributed by atoms with Crippen LogP contribution in [0.25, 0.3) is 5.69 Å². The van der Waals surface area contributed by atoms with Crippen LogP contribution >= 0.6 is 27.5 Å². The number of rotatable bonds is 4. The second kappa shape index (κ2) is 6.33. The van der Waals surface area contributed by atoms with Gasteiger partial charge in [-0.25, -0.2) is 4.98 Å². The summed E-state index contributed by atoms with van der Waals surface area (Å²) in [5, 5.41) is 4.08. The van der Waals surface area contributed by atoms with Gasteiger partial charge in [0.2, 0.25) is 0 Å². The Balaban J connectivity index is 1.70. The lowest BCUT2D eigenvalue weighted by Gasteiger charge is -2.10. The molecule has 3 nitrogen and oxygen atoms in total. The molecule has 0 saturated heterocycles. The molecule has 5 heteroatoms.